The first-order chi connectivity index (χ1) is 16.4. The van der Waals surface area contributed by atoms with Crippen LogP contribution in [0.15, 0.2) is 18.2 Å². The second-order valence-corrected chi connectivity index (χ2v) is 10.9. The van der Waals surface area contributed by atoms with Gasteiger partial charge in [-0.1, -0.05) is 13.8 Å². The van der Waals surface area contributed by atoms with Crippen molar-refractivity contribution in [2.45, 2.75) is 95.7 Å². The van der Waals surface area contributed by atoms with Gasteiger partial charge in [0.05, 0.1) is 0 Å². The Bertz CT molecular complexity index is 953. The molecule has 1 aromatic heterocycles. The molecule has 0 N–H and O–H groups in total. The maximum Gasteiger partial charge on any atom is 0.135 e. The van der Waals surface area contributed by atoms with Crippen LogP contribution in [0.25, 0.3) is 0 Å². The first-order valence-electron chi connectivity index (χ1n) is 13.1. The van der Waals surface area contributed by atoms with Crippen LogP contribution >= 0.6 is 0 Å². The van der Waals surface area contributed by atoms with Crippen molar-refractivity contribution in [1.82, 2.24) is 19.7 Å². The average Bonchev–Trinajstić information content (AvgIpc) is 3.30. The minimum absolute atomic E-state index is 0.166. The number of fused-ring (bicyclic) bond motifs is 2. The maximum atomic E-state index is 14.1. The van der Waals surface area contributed by atoms with Crippen LogP contribution in [0, 0.1) is 24.5 Å². The fourth-order valence-electron chi connectivity index (χ4n) is 6.92. The lowest BCUT2D eigenvalue weighted by Crippen LogP contribution is -2.44. The summed E-state index contributed by atoms with van der Waals surface area (Å²) in [4.78, 5) is 2.70. The molecule has 0 saturated carbocycles. The Morgan fingerprint density at radius 1 is 0.941 bits per heavy atom. The smallest absolute Gasteiger partial charge is 0.135 e. The standard InChI is InChI=1S/C27H38F2N4O/c1-17(2)27-31-30-18(3)33(27)25-15-23-4-5-24(16-25)32(23)9-6-26(19-7-10-34-11-8-19)20-12-21(28)14-22(29)13-20/h12-14,17,19,23-26H,4-11,15-16H2,1-3H3/t23?,24?,25?,26-/m1/s1. The number of benzene rings is 1. The largest absolute Gasteiger partial charge is 0.381 e. The van der Waals surface area contributed by atoms with Gasteiger partial charge in [-0.2, -0.15) is 0 Å². The molecule has 3 aliphatic heterocycles. The highest BCUT2D eigenvalue weighted by Crippen LogP contribution is 2.43. The minimum atomic E-state index is -0.474. The maximum absolute atomic E-state index is 14.1. The molecule has 3 fully saturated rings. The van der Waals surface area contributed by atoms with Gasteiger partial charge in [0, 0.05) is 43.3 Å². The Balaban J connectivity index is 1.31. The quantitative estimate of drug-likeness (QED) is 0.514. The zero-order valence-electron chi connectivity index (χ0n) is 20.7. The lowest BCUT2D eigenvalue weighted by Gasteiger charge is -2.41. The van der Waals surface area contributed by atoms with Gasteiger partial charge in [0.25, 0.3) is 0 Å². The lowest BCUT2D eigenvalue weighted by atomic mass is 9.79. The number of rotatable bonds is 7. The van der Waals surface area contributed by atoms with E-state index in [2.05, 4.69) is 40.4 Å². The van der Waals surface area contributed by atoms with E-state index in [1.807, 2.05) is 0 Å². The molecule has 3 atom stereocenters. The molecule has 0 spiro atoms. The normalized spacial score (nSPS) is 26.9. The molecular formula is C27H38F2N4O. The van der Waals surface area contributed by atoms with Crippen molar-refractivity contribution in [1.29, 1.82) is 0 Å². The van der Waals surface area contributed by atoms with Crippen LogP contribution < -0.4 is 0 Å². The Morgan fingerprint density at radius 2 is 1.59 bits per heavy atom. The molecule has 5 nitrogen and oxygen atoms in total. The summed E-state index contributed by atoms with van der Waals surface area (Å²) in [7, 11) is 0. The van der Waals surface area contributed by atoms with Gasteiger partial charge in [0.1, 0.15) is 23.3 Å². The summed E-state index contributed by atoms with van der Waals surface area (Å²) >= 11 is 0. The third-order valence-electron chi connectivity index (χ3n) is 8.48. The minimum Gasteiger partial charge on any atom is -0.381 e. The molecule has 0 amide bonds. The molecule has 0 aliphatic carbocycles. The van der Waals surface area contributed by atoms with E-state index in [4.69, 9.17) is 4.74 Å². The number of piperidine rings is 1. The van der Waals surface area contributed by atoms with Crippen LogP contribution in [0.2, 0.25) is 0 Å². The number of nitrogens with zero attached hydrogens (tertiary/aromatic N) is 4. The van der Waals surface area contributed by atoms with Gasteiger partial charge in [-0.15, -0.1) is 10.2 Å². The number of hydrogen-bond donors (Lipinski definition) is 0. The van der Waals surface area contributed by atoms with Crippen molar-refractivity contribution in [2.24, 2.45) is 5.92 Å². The third-order valence-corrected chi connectivity index (χ3v) is 8.48. The molecule has 0 radical (unpaired) electrons. The molecule has 7 heteroatoms. The number of aryl methyl sites for hydroxylation is 1. The Hall–Kier alpha value is -1.86. The molecule has 186 valence electrons. The number of hydrogen-bond acceptors (Lipinski definition) is 4. The number of halogens is 2. The van der Waals surface area contributed by atoms with E-state index in [0.29, 0.717) is 30.0 Å². The Kier molecular flexibility index (Phi) is 7.03. The van der Waals surface area contributed by atoms with Gasteiger partial charge in [-0.05, 0) is 87.9 Å². The monoisotopic (exact) mass is 472 g/mol. The first-order valence-corrected chi connectivity index (χ1v) is 13.1. The van der Waals surface area contributed by atoms with Crippen LogP contribution in [0.4, 0.5) is 8.78 Å². The van der Waals surface area contributed by atoms with Gasteiger partial charge in [0.2, 0.25) is 0 Å². The summed E-state index contributed by atoms with van der Waals surface area (Å²) in [5, 5.41) is 8.86. The second kappa shape index (κ2) is 10.0. The zero-order chi connectivity index (χ0) is 23.8. The molecule has 3 aliphatic rings. The topological polar surface area (TPSA) is 43.2 Å². The van der Waals surface area contributed by atoms with E-state index >= 15 is 0 Å². The Morgan fingerprint density at radius 3 is 2.21 bits per heavy atom. The van der Waals surface area contributed by atoms with Crippen molar-refractivity contribution in [3.8, 4) is 0 Å². The Labute approximate surface area is 201 Å². The predicted octanol–water partition coefficient (Wildman–Crippen LogP) is 5.76. The molecule has 5 rings (SSSR count). The zero-order valence-corrected chi connectivity index (χ0v) is 20.7. The first kappa shape index (κ1) is 23.9. The fourth-order valence-corrected chi connectivity index (χ4v) is 6.92. The summed E-state index contributed by atoms with van der Waals surface area (Å²) in [5.74, 6) is 2.12. The molecule has 34 heavy (non-hydrogen) atoms. The van der Waals surface area contributed by atoms with Gasteiger partial charge in [-0.3, -0.25) is 4.90 Å². The molecule has 2 unspecified atom stereocenters. The fraction of sp³-hybridized carbons (Fsp3) is 0.704. The van der Waals surface area contributed by atoms with E-state index < -0.39 is 11.6 Å². The summed E-state index contributed by atoms with van der Waals surface area (Å²) in [5.41, 5.74) is 0.813. The molecule has 4 heterocycles. The molecule has 1 aromatic carbocycles. The summed E-state index contributed by atoms with van der Waals surface area (Å²) in [6, 6.07) is 5.66. The lowest BCUT2D eigenvalue weighted by molar-refractivity contribution is 0.0508. The van der Waals surface area contributed by atoms with Crippen molar-refractivity contribution < 1.29 is 13.5 Å². The summed E-state index contributed by atoms with van der Waals surface area (Å²) < 4.78 is 36.2. The second-order valence-electron chi connectivity index (χ2n) is 10.9. The van der Waals surface area contributed by atoms with Crippen LogP contribution in [0.5, 0.6) is 0 Å². The van der Waals surface area contributed by atoms with E-state index in [1.165, 1.54) is 12.8 Å². The number of ether oxygens (including phenoxy) is 1. The van der Waals surface area contributed by atoms with Crippen LogP contribution in [-0.2, 0) is 4.74 Å². The highest BCUT2D eigenvalue weighted by atomic mass is 19.1. The van der Waals surface area contributed by atoms with Gasteiger partial charge in [-0.25, -0.2) is 8.78 Å². The van der Waals surface area contributed by atoms with E-state index in [-0.39, 0.29) is 5.92 Å². The summed E-state index contributed by atoms with van der Waals surface area (Å²) in [6.45, 7) is 8.92. The van der Waals surface area contributed by atoms with Crippen LogP contribution in [0.1, 0.15) is 93.9 Å². The van der Waals surface area contributed by atoms with E-state index in [1.54, 1.807) is 12.1 Å². The third kappa shape index (κ3) is 4.78. The van der Waals surface area contributed by atoms with E-state index in [0.717, 1.165) is 75.1 Å². The highest BCUT2D eigenvalue weighted by molar-refractivity contribution is 5.23. The summed E-state index contributed by atoms with van der Waals surface area (Å²) in [6.07, 6.45) is 7.59. The van der Waals surface area contributed by atoms with Crippen LogP contribution in [-0.4, -0.2) is 51.5 Å². The highest BCUT2D eigenvalue weighted by Gasteiger charge is 2.42. The molecule has 3 saturated heterocycles. The van der Waals surface area contributed by atoms with Crippen LogP contribution in [0.3, 0.4) is 0 Å². The SMILES string of the molecule is Cc1nnc(C(C)C)n1C1CC2CCC(C1)N2CC[C@@H](c1cc(F)cc(F)c1)C1CCOCC1. The molecule has 2 aromatic rings. The van der Waals surface area contributed by atoms with Crippen molar-refractivity contribution in [2.75, 3.05) is 19.8 Å². The van der Waals surface area contributed by atoms with Gasteiger partial charge in [0.15, 0.2) is 0 Å². The molecular weight excluding hydrogens is 434 g/mol. The molecule has 2 bridgehead atoms. The van der Waals surface area contributed by atoms with Crippen molar-refractivity contribution in [3.63, 3.8) is 0 Å². The van der Waals surface area contributed by atoms with E-state index in [9.17, 15) is 8.78 Å². The van der Waals surface area contributed by atoms with Crippen molar-refractivity contribution >= 4 is 0 Å². The average molecular weight is 473 g/mol. The number of aromatic nitrogens is 3. The van der Waals surface area contributed by atoms with Crippen molar-refractivity contribution in [3.05, 3.63) is 47.0 Å². The van der Waals surface area contributed by atoms with Gasteiger partial charge < -0.3 is 9.30 Å². The van der Waals surface area contributed by atoms with Gasteiger partial charge >= 0.3 is 0 Å². The predicted molar refractivity (Wildman–Crippen MR) is 128 cm³/mol.